The first-order valence-corrected chi connectivity index (χ1v) is 8.67. The van der Waals surface area contributed by atoms with E-state index in [4.69, 9.17) is 23.2 Å². The van der Waals surface area contributed by atoms with E-state index in [2.05, 4.69) is 10.4 Å². The molecule has 0 aliphatic rings. The summed E-state index contributed by atoms with van der Waals surface area (Å²) in [5.41, 5.74) is 2.17. The van der Waals surface area contributed by atoms with Crippen LogP contribution in [0, 0.1) is 0 Å². The lowest BCUT2D eigenvalue weighted by atomic mass is 10.1. The average Bonchev–Trinajstić information content (AvgIpc) is 2.95. The minimum absolute atomic E-state index is 0.109. The molecule has 0 unspecified atom stereocenters. The molecule has 1 aromatic heterocycles. The van der Waals surface area contributed by atoms with Crippen molar-refractivity contribution in [2.45, 2.75) is 19.4 Å². The SMILES string of the molecule is O=C(CCc1ccccc1)Nc1nn(Cc2ccc(Cl)cc2)cc1Cl. The number of hydrogen-bond donors (Lipinski definition) is 1. The molecule has 3 rings (SSSR count). The minimum atomic E-state index is -0.109. The van der Waals surface area contributed by atoms with E-state index in [1.165, 1.54) is 0 Å². The topological polar surface area (TPSA) is 46.9 Å². The summed E-state index contributed by atoms with van der Waals surface area (Å²) < 4.78 is 1.69. The molecule has 1 heterocycles. The van der Waals surface area contributed by atoms with Gasteiger partial charge in [0.15, 0.2) is 5.82 Å². The number of anilines is 1. The molecule has 6 heteroatoms. The summed E-state index contributed by atoms with van der Waals surface area (Å²) in [5, 5.41) is 8.22. The molecule has 0 bridgehead atoms. The Bertz CT molecular complexity index is 845. The summed E-state index contributed by atoms with van der Waals surface area (Å²) >= 11 is 12.1. The third-order valence-electron chi connectivity index (χ3n) is 3.72. The number of hydrogen-bond acceptors (Lipinski definition) is 2. The lowest BCUT2D eigenvalue weighted by Gasteiger charge is -2.04. The Morgan fingerprint density at radius 1 is 1.00 bits per heavy atom. The molecule has 1 amide bonds. The molecule has 25 heavy (non-hydrogen) atoms. The van der Waals surface area contributed by atoms with Gasteiger partial charge in [0.25, 0.3) is 0 Å². The van der Waals surface area contributed by atoms with Crippen molar-refractivity contribution in [3.8, 4) is 0 Å². The van der Waals surface area contributed by atoms with E-state index < -0.39 is 0 Å². The van der Waals surface area contributed by atoms with E-state index in [1.807, 2.05) is 54.6 Å². The van der Waals surface area contributed by atoms with Gasteiger partial charge in [-0.25, -0.2) is 0 Å². The monoisotopic (exact) mass is 373 g/mol. The van der Waals surface area contributed by atoms with Gasteiger partial charge in [0.2, 0.25) is 5.91 Å². The molecular weight excluding hydrogens is 357 g/mol. The van der Waals surface area contributed by atoms with Crippen molar-refractivity contribution in [1.29, 1.82) is 0 Å². The van der Waals surface area contributed by atoms with Crippen LogP contribution in [-0.2, 0) is 17.8 Å². The maximum atomic E-state index is 12.1. The second kappa shape index (κ2) is 8.19. The van der Waals surface area contributed by atoms with Crippen LogP contribution in [0.5, 0.6) is 0 Å². The van der Waals surface area contributed by atoms with E-state index in [0.29, 0.717) is 35.2 Å². The average molecular weight is 374 g/mol. The number of aromatic nitrogens is 2. The Morgan fingerprint density at radius 3 is 2.44 bits per heavy atom. The summed E-state index contributed by atoms with van der Waals surface area (Å²) in [6.45, 7) is 0.552. The Labute approximate surface area is 156 Å². The highest BCUT2D eigenvalue weighted by atomic mass is 35.5. The largest absolute Gasteiger partial charge is 0.308 e. The highest BCUT2D eigenvalue weighted by molar-refractivity contribution is 6.33. The second-order valence-electron chi connectivity index (χ2n) is 5.68. The maximum Gasteiger partial charge on any atom is 0.225 e. The number of nitrogens with zero attached hydrogens (tertiary/aromatic N) is 2. The summed E-state index contributed by atoms with van der Waals surface area (Å²) in [5.74, 6) is 0.274. The molecule has 1 N–H and O–H groups in total. The van der Waals surface area contributed by atoms with Crippen LogP contribution >= 0.6 is 23.2 Å². The number of amides is 1. The normalized spacial score (nSPS) is 10.6. The molecule has 128 valence electrons. The highest BCUT2D eigenvalue weighted by Crippen LogP contribution is 2.21. The molecule has 0 saturated carbocycles. The number of carbonyl (C=O) groups is 1. The molecule has 0 fully saturated rings. The standard InChI is InChI=1S/C19H17Cl2N3O/c20-16-9-6-15(7-10-16)12-24-13-17(21)19(23-24)22-18(25)11-8-14-4-2-1-3-5-14/h1-7,9-10,13H,8,11-12H2,(H,22,23,25). The van der Waals surface area contributed by atoms with E-state index >= 15 is 0 Å². The zero-order chi connectivity index (χ0) is 17.6. The number of rotatable bonds is 6. The molecule has 0 radical (unpaired) electrons. The van der Waals surface area contributed by atoms with Crippen LogP contribution in [0.3, 0.4) is 0 Å². The van der Waals surface area contributed by atoms with Crippen LogP contribution in [-0.4, -0.2) is 15.7 Å². The van der Waals surface area contributed by atoms with Crippen LogP contribution in [0.2, 0.25) is 10.0 Å². The predicted octanol–water partition coefficient (Wildman–Crippen LogP) is 4.81. The van der Waals surface area contributed by atoms with Gasteiger partial charge in [0, 0.05) is 17.6 Å². The first-order valence-electron chi connectivity index (χ1n) is 7.91. The molecule has 0 saturated heterocycles. The molecule has 0 spiro atoms. The van der Waals surface area contributed by atoms with Gasteiger partial charge in [-0.1, -0.05) is 65.7 Å². The van der Waals surface area contributed by atoms with Crippen molar-refractivity contribution in [2.24, 2.45) is 0 Å². The Hall–Kier alpha value is -2.30. The zero-order valence-corrected chi connectivity index (χ0v) is 15.0. The molecule has 2 aromatic carbocycles. The fourth-order valence-corrected chi connectivity index (χ4v) is 2.76. The van der Waals surface area contributed by atoms with Gasteiger partial charge in [0.05, 0.1) is 6.54 Å². The van der Waals surface area contributed by atoms with Crippen molar-refractivity contribution in [3.63, 3.8) is 0 Å². The zero-order valence-electron chi connectivity index (χ0n) is 13.5. The molecule has 0 aliphatic heterocycles. The third kappa shape index (κ3) is 5.08. The number of nitrogens with one attached hydrogen (secondary N) is 1. The molecular formula is C19H17Cl2N3O. The van der Waals surface area contributed by atoms with Crippen molar-refractivity contribution in [1.82, 2.24) is 9.78 Å². The van der Waals surface area contributed by atoms with Gasteiger partial charge in [-0.05, 0) is 29.7 Å². The predicted molar refractivity (Wildman–Crippen MR) is 101 cm³/mol. The van der Waals surface area contributed by atoms with Crippen LogP contribution in [0.1, 0.15) is 17.5 Å². The van der Waals surface area contributed by atoms with Gasteiger partial charge in [0.1, 0.15) is 5.02 Å². The summed E-state index contributed by atoms with van der Waals surface area (Å²) in [4.78, 5) is 12.1. The Kier molecular flexibility index (Phi) is 5.74. The van der Waals surface area contributed by atoms with Gasteiger partial charge < -0.3 is 5.32 Å². The third-order valence-corrected chi connectivity index (χ3v) is 4.24. The van der Waals surface area contributed by atoms with Gasteiger partial charge in [-0.2, -0.15) is 5.10 Å². The Morgan fingerprint density at radius 2 is 1.72 bits per heavy atom. The van der Waals surface area contributed by atoms with Crippen LogP contribution in [0.15, 0.2) is 60.8 Å². The number of benzene rings is 2. The van der Waals surface area contributed by atoms with Crippen molar-refractivity contribution >= 4 is 34.9 Å². The lowest BCUT2D eigenvalue weighted by Crippen LogP contribution is -2.13. The lowest BCUT2D eigenvalue weighted by molar-refractivity contribution is -0.116. The maximum absolute atomic E-state index is 12.1. The smallest absolute Gasteiger partial charge is 0.225 e. The van der Waals surface area contributed by atoms with Crippen LogP contribution in [0.25, 0.3) is 0 Å². The van der Waals surface area contributed by atoms with Crippen molar-refractivity contribution in [3.05, 3.63) is 82.0 Å². The van der Waals surface area contributed by atoms with Gasteiger partial charge >= 0.3 is 0 Å². The van der Waals surface area contributed by atoms with Crippen LogP contribution in [0.4, 0.5) is 5.82 Å². The summed E-state index contributed by atoms with van der Waals surface area (Å²) in [6.07, 6.45) is 2.75. The second-order valence-corrected chi connectivity index (χ2v) is 6.53. The molecule has 4 nitrogen and oxygen atoms in total. The Balaban J connectivity index is 1.58. The van der Waals surface area contributed by atoms with E-state index in [9.17, 15) is 4.79 Å². The highest BCUT2D eigenvalue weighted by Gasteiger charge is 2.11. The number of halogens is 2. The quantitative estimate of drug-likeness (QED) is 0.673. The van der Waals surface area contributed by atoms with E-state index in [-0.39, 0.29) is 5.91 Å². The molecule has 0 atom stereocenters. The van der Waals surface area contributed by atoms with Crippen molar-refractivity contribution < 1.29 is 4.79 Å². The van der Waals surface area contributed by atoms with Crippen LogP contribution < -0.4 is 5.32 Å². The van der Waals surface area contributed by atoms with Gasteiger partial charge in [-0.3, -0.25) is 9.48 Å². The molecule has 0 aliphatic carbocycles. The summed E-state index contributed by atoms with van der Waals surface area (Å²) in [7, 11) is 0. The minimum Gasteiger partial charge on any atom is -0.308 e. The first kappa shape index (κ1) is 17.5. The molecule has 3 aromatic rings. The first-order chi connectivity index (χ1) is 12.1. The van der Waals surface area contributed by atoms with E-state index in [1.54, 1.807) is 10.9 Å². The fourth-order valence-electron chi connectivity index (χ4n) is 2.44. The van der Waals surface area contributed by atoms with Crippen molar-refractivity contribution in [2.75, 3.05) is 5.32 Å². The van der Waals surface area contributed by atoms with E-state index in [0.717, 1.165) is 11.1 Å². The summed E-state index contributed by atoms with van der Waals surface area (Å²) in [6, 6.07) is 17.4. The number of aryl methyl sites for hydroxylation is 1. The fraction of sp³-hybridized carbons (Fsp3) is 0.158. The number of carbonyl (C=O) groups excluding carboxylic acids is 1. The van der Waals surface area contributed by atoms with Gasteiger partial charge in [-0.15, -0.1) is 0 Å².